The highest BCUT2D eigenvalue weighted by atomic mass is 16.2. The molecule has 3 rings (SSSR count). The molecule has 1 aromatic carbocycles. The van der Waals surface area contributed by atoms with Gasteiger partial charge in [-0.15, -0.1) is 10.2 Å². The van der Waals surface area contributed by atoms with E-state index in [4.69, 9.17) is 0 Å². The minimum absolute atomic E-state index is 0.266. The fraction of sp³-hybridized carbons (Fsp3) is 0.571. The fourth-order valence-corrected chi connectivity index (χ4v) is 3.84. The van der Waals surface area contributed by atoms with Crippen LogP contribution >= 0.6 is 0 Å². The molecule has 6 heteroatoms. The maximum Gasteiger partial charge on any atom is 0.222 e. The summed E-state index contributed by atoms with van der Waals surface area (Å²) in [5.74, 6) is 2.78. The number of hydrogen-bond acceptors (Lipinski definition) is 4. The first-order chi connectivity index (χ1) is 13.1. The Morgan fingerprint density at radius 3 is 2.48 bits per heavy atom. The summed E-state index contributed by atoms with van der Waals surface area (Å²) in [5, 5.41) is 8.90. The number of carbonyl (C=O) groups is 1. The molecule has 27 heavy (non-hydrogen) atoms. The van der Waals surface area contributed by atoms with Crippen molar-refractivity contribution < 1.29 is 4.79 Å². The molecule has 146 valence electrons. The minimum Gasteiger partial charge on any atom is -0.343 e. The van der Waals surface area contributed by atoms with Crippen LogP contribution in [-0.2, 0) is 24.3 Å². The molecule has 1 aromatic heterocycles. The number of carbonyl (C=O) groups excluding carboxylic acids is 1. The lowest BCUT2D eigenvalue weighted by molar-refractivity contribution is -0.132. The van der Waals surface area contributed by atoms with Crippen LogP contribution < -0.4 is 0 Å². The van der Waals surface area contributed by atoms with E-state index in [0.717, 1.165) is 57.1 Å². The van der Waals surface area contributed by atoms with Crippen molar-refractivity contribution >= 4 is 5.91 Å². The molecular formula is C21H31N5O. The number of hydrogen-bond donors (Lipinski definition) is 0. The third-order valence-corrected chi connectivity index (χ3v) is 5.31. The van der Waals surface area contributed by atoms with Crippen molar-refractivity contribution in [2.24, 2.45) is 0 Å². The number of likely N-dealkylation sites (tertiary alicyclic amines) is 1. The second-order valence-corrected chi connectivity index (χ2v) is 7.60. The molecule has 2 heterocycles. The van der Waals surface area contributed by atoms with Crippen molar-refractivity contribution in [2.75, 3.05) is 27.2 Å². The third-order valence-electron chi connectivity index (χ3n) is 5.31. The Morgan fingerprint density at radius 2 is 1.85 bits per heavy atom. The molecule has 1 saturated heterocycles. The Hall–Kier alpha value is -2.21. The smallest absolute Gasteiger partial charge is 0.222 e. The van der Waals surface area contributed by atoms with E-state index in [1.165, 1.54) is 5.56 Å². The monoisotopic (exact) mass is 369 g/mol. The quantitative estimate of drug-likeness (QED) is 0.753. The van der Waals surface area contributed by atoms with E-state index < -0.39 is 0 Å². The first-order valence-electron chi connectivity index (χ1n) is 9.97. The van der Waals surface area contributed by atoms with E-state index in [1.54, 1.807) is 0 Å². The summed E-state index contributed by atoms with van der Waals surface area (Å²) in [7, 11) is 4.10. The van der Waals surface area contributed by atoms with Crippen LogP contribution in [0.3, 0.4) is 0 Å². The van der Waals surface area contributed by atoms with Crippen molar-refractivity contribution in [3.63, 3.8) is 0 Å². The zero-order valence-corrected chi connectivity index (χ0v) is 16.8. The van der Waals surface area contributed by atoms with Crippen LogP contribution in [0.5, 0.6) is 0 Å². The number of benzene rings is 1. The predicted octanol–water partition coefficient (Wildman–Crippen LogP) is 2.70. The lowest BCUT2D eigenvalue weighted by Gasteiger charge is -2.32. The molecule has 0 unspecified atom stereocenters. The number of nitrogens with zero attached hydrogens (tertiary/aromatic N) is 5. The Balaban J connectivity index is 1.54. The van der Waals surface area contributed by atoms with Crippen molar-refractivity contribution in [2.45, 2.75) is 51.6 Å². The first-order valence-corrected chi connectivity index (χ1v) is 9.97. The molecule has 1 amide bonds. The van der Waals surface area contributed by atoms with Crippen molar-refractivity contribution in [3.8, 4) is 0 Å². The molecule has 0 saturated carbocycles. The highest BCUT2D eigenvalue weighted by Gasteiger charge is 2.27. The number of rotatable bonds is 7. The molecule has 1 aliphatic heterocycles. The molecule has 0 spiro atoms. The van der Waals surface area contributed by atoms with Crippen LogP contribution in [0.2, 0.25) is 0 Å². The zero-order valence-electron chi connectivity index (χ0n) is 16.8. The molecule has 0 radical (unpaired) electrons. The van der Waals surface area contributed by atoms with Crippen molar-refractivity contribution in [3.05, 3.63) is 47.5 Å². The van der Waals surface area contributed by atoms with Crippen LogP contribution in [0.15, 0.2) is 30.3 Å². The van der Waals surface area contributed by atoms with Crippen LogP contribution in [0.25, 0.3) is 0 Å². The maximum atomic E-state index is 12.6. The highest BCUT2D eigenvalue weighted by Crippen LogP contribution is 2.28. The van der Waals surface area contributed by atoms with Gasteiger partial charge in [-0.2, -0.15) is 0 Å². The minimum atomic E-state index is 0.266. The lowest BCUT2D eigenvalue weighted by atomic mass is 9.95. The first kappa shape index (κ1) is 19.5. The summed E-state index contributed by atoms with van der Waals surface area (Å²) in [6.45, 7) is 5.48. The molecule has 0 atom stereocenters. The van der Waals surface area contributed by atoms with Crippen molar-refractivity contribution in [1.29, 1.82) is 0 Å². The van der Waals surface area contributed by atoms with Gasteiger partial charge in [-0.1, -0.05) is 30.3 Å². The van der Waals surface area contributed by atoms with E-state index in [9.17, 15) is 4.79 Å². The second-order valence-electron chi connectivity index (χ2n) is 7.60. The molecule has 1 fully saturated rings. The SMILES string of the molecule is CCn1c(CN(C)C)nnc1C1CCN(C(=O)CCc2ccccc2)CC1. The Labute approximate surface area is 162 Å². The second kappa shape index (κ2) is 9.13. The van der Waals surface area contributed by atoms with Crippen LogP contribution in [0.4, 0.5) is 0 Å². The molecule has 0 aliphatic carbocycles. The Kier molecular flexibility index (Phi) is 6.61. The summed E-state index contributed by atoms with van der Waals surface area (Å²) < 4.78 is 2.25. The van der Waals surface area contributed by atoms with Gasteiger partial charge >= 0.3 is 0 Å². The largest absolute Gasteiger partial charge is 0.343 e. The summed E-state index contributed by atoms with van der Waals surface area (Å²) >= 11 is 0. The fourth-order valence-electron chi connectivity index (χ4n) is 3.84. The average Bonchev–Trinajstić information content (AvgIpc) is 3.08. The Bertz CT molecular complexity index is 732. The number of piperidine rings is 1. The van der Waals surface area contributed by atoms with E-state index in [2.05, 4.69) is 38.7 Å². The maximum absolute atomic E-state index is 12.6. The van der Waals surface area contributed by atoms with Gasteiger partial charge in [0.1, 0.15) is 11.6 Å². The number of amides is 1. The van der Waals surface area contributed by atoms with Gasteiger partial charge in [0.25, 0.3) is 0 Å². The van der Waals surface area contributed by atoms with Crippen LogP contribution in [0, 0.1) is 0 Å². The normalized spacial score (nSPS) is 15.5. The van der Waals surface area contributed by atoms with E-state index in [0.29, 0.717) is 12.3 Å². The topological polar surface area (TPSA) is 54.3 Å². The summed E-state index contributed by atoms with van der Waals surface area (Å²) in [5.41, 5.74) is 1.23. The highest BCUT2D eigenvalue weighted by molar-refractivity contribution is 5.76. The summed E-state index contributed by atoms with van der Waals surface area (Å²) in [4.78, 5) is 16.7. The standard InChI is InChI=1S/C21H31N5O/c1-4-26-19(16-24(2)3)22-23-21(26)18-12-14-25(15-13-18)20(27)11-10-17-8-6-5-7-9-17/h5-9,18H,4,10-16H2,1-3H3. The molecule has 0 N–H and O–H groups in total. The number of aryl methyl sites for hydroxylation is 1. The van der Waals surface area contributed by atoms with Gasteiger partial charge in [0.15, 0.2) is 0 Å². The molecule has 2 aromatic rings. The zero-order chi connectivity index (χ0) is 19.2. The Morgan fingerprint density at radius 1 is 1.15 bits per heavy atom. The van der Waals surface area contributed by atoms with Gasteiger partial charge in [0.05, 0.1) is 6.54 Å². The molecule has 6 nitrogen and oxygen atoms in total. The van der Waals surface area contributed by atoms with Gasteiger partial charge in [-0.05, 0) is 45.8 Å². The summed E-state index contributed by atoms with van der Waals surface area (Å²) in [6, 6.07) is 10.2. The van der Waals surface area contributed by atoms with E-state index >= 15 is 0 Å². The van der Waals surface area contributed by atoms with Gasteiger partial charge in [0.2, 0.25) is 5.91 Å². The van der Waals surface area contributed by atoms with Crippen LogP contribution in [-0.4, -0.2) is 57.7 Å². The predicted molar refractivity (Wildman–Crippen MR) is 106 cm³/mol. The summed E-state index contributed by atoms with van der Waals surface area (Å²) in [6.07, 6.45) is 3.35. The van der Waals surface area contributed by atoms with Crippen molar-refractivity contribution in [1.82, 2.24) is 24.6 Å². The van der Waals surface area contributed by atoms with Gasteiger partial charge in [0, 0.05) is 32.0 Å². The van der Waals surface area contributed by atoms with Gasteiger partial charge in [-0.25, -0.2) is 0 Å². The lowest BCUT2D eigenvalue weighted by Crippen LogP contribution is -2.38. The van der Waals surface area contributed by atoms with E-state index in [1.807, 2.05) is 37.2 Å². The third kappa shape index (κ3) is 4.95. The molecule has 1 aliphatic rings. The van der Waals surface area contributed by atoms with Crippen LogP contribution in [0.1, 0.15) is 49.3 Å². The average molecular weight is 370 g/mol. The number of aromatic nitrogens is 3. The molecule has 0 bridgehead atoms. The van der Waals surface area contributed by atoms with E-state index in [-0.39, 0.29) is 5.91 Å². The van der Waals surface area contributed by atoms with Gasteiger partial charge < -0.3 is 14.4 Å². The van der Waals surface area contributed by atoms with Gasteiger partial charge in [-0.3, -0.25) is 4.79 Å². The molecular weight excluding hydrogens is 338 g/mol.